The highest BCUT2D eigenvalue weighted by atomic mass is 16.5. The van der Waals surface area contributed by atoms with Crippen molar-refractivity contribution in [3.63, 3.8) is 0 Å². The van der Waals surface area contributed by atoms with Gasteiger partial charge in [0.2, 0.25) is 11.8 Å². The summed E-state index contributed by atoms with van der Waals surface area (Å²) in [7, 11) is 1.62. The second-order valence-corrected chi connectivity index (χ2v) is 7.78. The summed E-state index contributed by atoms with van der Waals surface area (Å²) in [5, 5.41) is 3.04. The Bertz CT molecular complexity index is 833. The van der Waals surface area contributed by atoms with Gasteiger partial charge in [0.1, 0.15) is 11.8 Å². The van der Waals surface area contributed by atoms with Gasteiger partial charge in [-0.25, -0.2) is 0 Å². The monoisotopic (exact) mass is 410 g/mol. The van der Waals surface area contributed by atoms with Crippen molar-refractivity contribution in [3.8, 4) is 5.75 Å². The van der Waals surface area contributed by atoms with Gasteiger partial charge in [-0.1, -0.05) is 55.8 Å². The highest BCUT2D eigenvalue weighted by Gasteiger charge is 2.29. The zero-order valence-corrected chi connectivity index (χ0v) is 18.8. The predicted octanol–water partition coefficient (Wildman–Crippen LogP) is 4.27. The zero-order valence-electron chi connectivity index (χ0n) is 18.8. The van der Waals surface area contributed by atoms with E-state index in [1.165, 1.54) is 0 Å². The van der Waals surface area contributed by atoms with Crippen LogP contribution in [0, 0.1) is 6.92 Å². The fourth-order valence-corrected chi connectivity index (χ4v) is 3.39. The maximum atomic E-state index is 13.3. The van der Waals surface area contributed by atoms with Gasteiger partial charge in [-0.05, 0) is 49.9 Å². The van der Waals surface area contributed by atoms with Crippen molar-refractivity contribution >= 4 is 11.8 Å². The van der Waals surface area contributed by atoms with Gasteiger partial charge in [0.25, 0.3) is 0 Å². The van der Waals surface area contributed by atoms with Gasteiger partial charge in [-0.3, -0.25) is 9.59 Å². The van der Waals surface area contributed by atoms with Gasteiger partial charge in [-0.2, -0.15) is 0 Å². The molecular weight excluding hydrogens is 376 g/mol. The van der Waals surface area contributed by atoms with E-state index in [1.807, 2.05) is 70.2 Å². The smallest absolute Gasteiger partial charge is 0.243 e. The molecular formula is C25H34N2O3. The van der Waals surface area contributed by atoms with Gasteiger partial charge in [-0.15, -0.1) is 0 Å². The molecule has 2 amide bonds. The number of carbonyl (C=O) groups is 2. The van der Waals surface area contributed by atoms with E-state index in [0.717, 1.165) is 28.9 Å². The van der Waals surface area contributed by atoms with E-state index >= 15 is 0 Å². The Morgan fingerprint density at radius 3 is 2.30 bits per heavy atom. The van der Waals surface area contributed by atoms with E-state index in [-0.39, 0.29) is 24.3 Å². The minimum Gasteiger partial charge on any atom is -0.497 e. The number of rotatable bonds is 10. The summed E-state index contributed by atoms with van der Waals surface area (Å²) in [5.74, 6) is 0.595. The second-order valence-electron chi connectivity index (χ2n) is 7.78. The number of amides is 2. The van der Waals surface area contributed by atoms with Crippen LogP contribution in [-0.2, 0) is 22.6 Å². The molecule has 162 valence electrons. The van der Waals surface area contributed by atoms with Crippen molar-refractivity contribution < 1.29 is 14.3 Å². The molecule has 30 heavy (non-hydrogen) atoms. The van der Waals surface area contributed by atoms with Crippen LogP contribution in [0.5, 0.6) is 5.75 Å². The largest absolute Gasteiger partial charge is 0.497 e. The van der Waals surface area contributed by atoms with E-state index in [2.05, 4.69) is 11.4 Å². The van der Waals surface area contributed by atoms with Crippen LogP contribution in [0.3, 0.4) is 0 Å². The summed E-state index contributed by atoms with van der Waals surface area (Å²) in [6.45, 7) is 8.40. The minimum absolute atomic E-state index is 0.0622. The zero-order chi connectivity index (χ0) is 22.1. The summed E-state index contributed by atoms with van der Waals surface area (Å²) in [6.07, 6.45) is 1.64. The van der Waals surface area contributed by atoms with Crippen LogP contribution in [0.1, 0.15) is 50.3 Å². The minimum atomic E-state index is -0.509. The summed E-state index contributed by atoms with van der Waals surface area (Å²) in [4.78, 5) is 28.0. The van der Waals surface area contributed by atoms with Gasteiger partial charge in [0.05, 0.1) is 13.5 Å². The van der Waals surface area contributed by atoms with E-state index in [1.54, 1.807) is 12.0 Å². The lowest BCUT2D eigenvalue weighted by molar-refractivity contribution is -0.141. The molecule has 1 N–H and O–H groups in total. The molecule has 0 unspecified atom stereocenters. The topological polar surface area (TPSA) is 58.6 Å². The molecule has 0 radical (unpaired) electrons. The van der Waals surface area contributed by atoms with Gasteiger partial charge < -0.3 is 15.0 Å². The quantitative estimate of drug-likeness (QED) is 0.636. The fraction of sp³-hybridized carbons (Fsp3) is 0.440. The molecule has 0 aliphatic heterocycles. The maximum Gasteiger partial charge on any atom is 0.243 e. The molecule has 0 fully saturated rings. The van der Waals surface area contributed by atoms with Crippen LogP contribution in [0.25, 0.3) is 0 Å². The number of nitrogens with one attached hydrogen (secondary N) is 1. The van der Waals surface area contributed by atoms with Crippen molar-refractivity contribution in [1.82, 2.24) is 10.2 Å². The molecule has 2 atom stereocenters. The number of hydrogen-bond donors (Lipinski definition) is 1. The Hall–Kier alpha value is -2.82. The maximum absolute atomic E-state index is 13.3. The van der Waals surface area contributed by atoms with E-state index in [9.17, 15) is 9.59 Å². The molecule has 2 rings (SSSR count). The first-order chi connectivity index (χ1) is 14.4. The molecule has 5 heteroatoms. The third-order valence-corrected chi connectivity index (χ3v) is 5.34. The SMILES string of the molecule is CC[C@H](C(=O)N[C@@H](C)CC)N(Cc1cccc(C)c1)C(=O)Cc1ccc(OC)cc1. The molecule has 0 bridgehead atoms. The molecule has 0 aliphatic carbocycles. The number of nitrogens with zero attached hydrogens (tertiary/aromatic N) is 1. The van der Waals surface area contributed by atoms with E-state index < -0.39 is 6.04 Å². The molecule has 0 aliphatic rings. The summed E-state index contributed by atoms with van der Waals surface area (Å²) < 4.78 is 5.20. The molecule has 0 heterocycles. The van der Waals surface area contributed by atoms with Crippen LogP contribution < -0.4 is 10.1 Å². The Morgan fingerprint density at radius 2 is 1.73 bits per heavy atom. The van der Waals surface area contributed by atoms with Crippen molar-refractivity contribution in [2.24, 2.45) is 0 Å². The van der Waals surface area contributed by atoms with Crippen LogP contribution >= 0.6 is 0 Å². The van der Waals surface area contributed by atoms with E-state index in [4.69, 9.17) is 4.74 Å². The first-order valence-corrected chi connectivity index (χ1v) is 10.7. The number of ether oxygens (including phenoxy) is 1. The van der Waals surface area contributed by atoms with Crippen molar-refractivity contribution in [3.05, 3.63) is 65.2 Å². The van der Waals surface area contributed by atoms with E-state index in [0.29, 0.717) is 13.0 Å². The number of carbonyl (C=O) groups excluding carboxylic acids is 2. The Balaban J connectivity index is 2.27. The molecule has 2 aromatic rings. The second kappa shape index (κ2) is 11.4. The third-order valence-electron chi connectivity index (χ3n) is 5.34. The number of benzene rings is 2. The normalized spacial score (nSPS) is 12.7. The number of aryl methyl sites for hydroxylation is 1. The van der Waals surface area contributed by atoms with Crippen LogP contribution in [0.4, 0.5) is 0 Å². The molecule has 0 aromatic heterocycles. The molecule has 2 aromatic carbocycles. The van der Waals surface area contributed by atoms with Crippen LogP contribution in [0.15, 0.2) is 48.5 Å². The Morgan fingerprint density at radius 1 is 1.03 bits per heavy atom. The van der Waals surface area contributed by atoms with Crippen molar-refractivity contribution in [1.29, 1.82) is 0 Å². The third kappa shape index (κ3) is 6.61. The van der Waals surface area contributed by atoms with Crippen molar-refractivity contribution in [2.75, 3.05) is 7.11 Å². The van der Waals surface area contributed by atoms with Gasteiger partial charge in [0.15, 0.2) is 0 Å². The molecule has 0 saturated carbocycles. The summed E-state index contributed by atoms with van der Waals surface area (Å²) in [5.41, 5.74) is 3.05. The standard InChI is InChI=1S/C25H34N2O3/c1-6-19(4)26-25(29)23(7-2)27(17-21-10-8-9-18(3)15-21)24(28)16-20-11-13-22(30-5)14-12-20/h8-15,19,23H,6-7,16-17H2,1-5H3,(H,26,29)/t19-,23+/m0/s1. The molecule has 5 nitrogen and oxygen atoms in total. The van der Waals surface area contributed by atoms with Gasteiger partial charge >= 0.3 is 0 Å². The Labute approximate surface area is 180 Å². The lowest BCUT2D eigenvalue weighted by atomic mass is 10.1. The fourth-order valence-electron chi connectivity index (χ4n) is 3.39. The van der Waals surface area contributed by atoms with Crippen LogP contribution in [-0.4, -0.2) is 35.9 Å². The lowest BCUT2D eigenvalue weighted by Crippen LogP contribution is -2.51. The molecule has 0 spiro atoms. The summed E-state index contributed by atoms with van der Waals surface area (Å²) >= 11 is 0. The number of hydrogen-bond acceptors (Lipinski definition) is 3. The Kier molecular flexibility index (Phi) is 8.90. The lowest BCUT2D eigenvalue weighted by Gasteiger charge is -2.31. The first-order valence-electron chi connectivity index (χ1n) is 10.7. The summed E-state index contributed by atoms with van der Waals surface area (Å²) in [6, 6.07) is 15.1. The van der Waals surface area contributed by atoms with Crippen molar-refractivity contribution in [2.45, 2.75) is 65.6 Å². The average molecular weight is 411 g/mol. The highest BCUT2D eigenvalue weighted by Crippen LogP contribution is 2.17. The highest BCUT2D eigenvalue weighted by molar-refractivity contribution is 5.88. The first kappa shape index (κ1) is 23.5. The molecule has 0 saturated heterocycles. The van der Waals surface area contributed by atoms with Crippen LogP contribution in [0.2, 0.25) is 0 Å². The predicted molar refractivity (Wildman–Crippen MR) is 120 cm³/mol. The number of methoxy groups -OCH3 is 1. The van der Waals surface area contributed by atoms with Gasteiger partial charge in [0, 0.05) is 12.6 Å². The average Bonchev–Trinajstić information content (AvgIpc) is 2.74.